The molecule has 0 aromatic heterocycles. The summed E-state index contributed by atoms with van der Waals surface area (Å²) in [7, 11) is 0. The van der Waals surface area contributed by atoms with Crippen molar-refractivity contribution >= 4 is 33.4 Å². The summed E-state index contributed by atoms with van der Waals surface area (Å²) < 4.78 is 35.9. The van der Waals surface area contributed by atoms with Gasteiger partial charge in [-0.05, 0) is 78.9 Å². The number of hydrogen-bond donors (Lipinski definition) is 1. The first-order valence-corrected chi connectivity index (χ1v) is 13.0. The molecule has 3 aromatic rings. The number of ether oxygens (including phenoxy) is 1. The van der Waals surface area contributed by atoms with Crippen molar-refractivity contribution in [2.75, 3.05) is 19.8 Å². The summed E-state index contributed by atoms with van der Waals surface area (Å²) >= 11 is 9.55. The Bertz CT molecular complexity index is 1250. The molecule has 0 saturated carbocycles. The fourth-order valence-electron chi connectivity index (χ4n) is 5.44. The smallest absolute Gasteiger partial charge is 0.239 e. The average molecular weight is 575 g/mol. The van der Waals surface area contributed by atoms with E-state index in [0.717, 1.165) is 16.7 Å². The van der Waals surface area contributed by atoms with Crippen molar-refractivity contribution in [3.63, 3.8) is 0 Å². The summed E-state index contributed by atoms with van der Waals surface area (Å²) in [4.78, 5) is 2.33. The minimum absolute atomic E-state index is 0.0309. The summed E-state index contributed by atoms with van der Waals surface area (Å²) in [5.74, 6) is -0.218. The molecule has 3 aromatic carbocycles. The highest BCUT2D eigenvalue weighted by Crippen LogP contribution is 2.46. The molecule has 8 heteroatoms. The van der Waals surface area contributed by atoms with Crippen LogP contribution in [0.25, 0.3) is 0 Å². The number of nitrogens with zero attached hydrogens (tertiary/aromatic N) is 2. The molecule has 0 aliphatic carbocycles. The zero-order chi connectivity index (χ0) is 25.4. The zero-order valence-electron chi connectivity index (χ0n) is 20.0. The SMILES string of the molecule is CC(C)(F)[C@H](c1cc(F)cc(Br)c1)C1CN([C@@H](c2ccc(Cl)cc2)c2cccc(C3=NNCO3)c2)C1. The van der Waals surface area contributed by atoms with Gasteiger partial charge in [0.05, 0.1) is 6.04 Å². The number of rotatable bonds is 7. The molecule has 188 valence electrons. The Hall–Kier alpha value is -2.48. The molecular formula is C28H27BrClF2N3O. The highest BCUT2D eigenvalue weighted by atomic mass is 79.9. The van der Waals surface area contributed by atoms with Crippen LogP contribution in [0.4, 0.5) is 8.78 Å². The molecule has 0 unspecified atom stereocenters. The van der Waals surface area contributed by atoms with E-state index in [2.05, 4.69) is 43.5 Å². The molecule has 2 aliphatic heterocycles. The van der Waals surface area contributed by atoms with E-state index in [9.17, 15) is 4.39 Å². The third kappa shape index (κ3) is 5.29. The number of hydrazone groups is 1. The number of benzene rings is 3. The molecular weight excluding hydrogens is 548 g/mol. The number of halogens is 4. The van der Waals surface area contributed by atoms with Crippen molar-refractivity contribution in [1.29, 1.82) is 0 Å². The summed E-state index contributed by atoms with van der Waals surface area (Å²) in [6, 6.07) is 20.6. The predicted molar refractivity (Wildman–Crippen MR) is 142 cm³/mol. The first-order chi connectivity index (χ1) is 17.2. The predicted octanol–water partition coefficient (Wildman–Crippen LogP) is 7.03. The Labute approximate surface area is 223 Å². The summed E-state index contributed by atoms with van der Waals surface area (Å²) in [6.45, 7) is 4.85. The first-order valence-electron chi connectivity index (χ1n) is 11.9. The van der Waals surface area contributed by atoms with Crippen LogP contribution in [0.2, 0.25) is 5.02 Å². The van der Waals surface area contributed by atoms with Crippen molar-refractivity contribution in [1.82, 2.24) is 10.3 Å². The first kappa shape index (κ1) is 25.2. The molecule has 4 nitrogen and oxygen atoms in total. The molecule has 0 spiro atoms. The van der Waals surface area contributed by atoms with Crippen LogP contribution in [0.15, 0.2) is 76.3 Å². The van der Waals surface area contributed by atoms with Crippen molar-refractivity contribution < 1.29 is 13.5 Å². The van der Waals surface area contributed by atoms with Gasteiger partial charge in [-0.3, -0.25) is 10.3 Å². The number of likely N-dealkylation sites (tertiary alicyclic amines) is 1. The van der Waals surface area contributed by atoms with Gasteiger partial charge in [0.1, 0.15) is 11.5 Å². The van der Waals surface area contributed by atoms with Crippen molar-refractivity contribution in [3.05, 3.63) is 104 Å². The minimum Gasteiger partial charge on any atom is -0.454 e. The molecule has 2 heterocycles. The second-order valence-electron chi connectivity index (χ2n) is 9.90. The Morgan fingerprint density at radius 3 is 2.44 bits per heavy atom. The quantitative estimate of drug-likeness (QED) is 0.329. The van der Waals surface area contributed by atoms with E-state index in [4.69, 9.17) is 16.3 Å². The van der Waals surface area contributed by atoms with Gasteiger partial charge in [0.15, 0.2) is 6.73 Å². The van der Waals surface area contributed by atoms with E-state index < -0.39 is 11.6 Å². The number of nitrogens with one attached hydrogen (secondary N) is 1. The van der Waals surface area contributed by atoms with Crippen LogP contribution in [0.5, 0.6) is 0 Å². The van der Waals surface area contributed by atoms with E-state index in [-0.39, 0.29) is 17.8 Å². The van der Waals surface area contributed by atoms with Gasteiger partial charge in [-0.1, -0.05) is 51.8 Å². The van der Waals surface area contributed by atoms with Crippen LogP contribution in [-0.4, -0.2) is 36.3 Å². The average Bonchev–Trinajstić information content (AvgIpc) is 3.32. The van der Waals surface area contributed by atoms with Gasteiger partial charge in [-0.2, -0.15) is 0 Å². The minimum atomic E-state index is -1.51. The standard InChI is InChI=1S/C28H27BrClF2N3O/c1-28(2,32)25(20-11-22(29)13-24(31)12-20)21-14-35(15-21)26(17-6-8-23(30)9-7-17)18-4-3-5-19(10-18)27-34-33-16-36-27/h3-13,21,25-26,33H,14-16H2,1-2H3/t25-,26+/m1/s1. The van der Waals surface area contributed by atoms with E-state index in [1.165, 1.54) is 12.1 Å². The topological polar surface area (TPSA) is 36.9 Å². The van der Waals surface area contributed by atoms with Crippen LogP contribution in [-0.2, 0) is 4.74 Å². The van der Waals surface area contributed by atoms with Crippen LogP contribution in [0, 0.1) is 11.7 Å². The third-order valence-electron chi connectivity index (χ3n) is 6.85. The van der Waals surface area contributed by atoms with E-state index in [0.29, 0.717) is 40.8 Å². The van der Waals surface area contributed by atoms with Gasteiger partial charge in [-0.15, -0.1) is 5.10 Å². The highest BCUT2D eigenvalue weighted by Gasteiger charge is 2.45. The normalized spacial score (nSPS) is 18.1. The maximum Gasteiger partial charge on any atom is 0.239 e. The Balaban J connectivity index is 1.46. The molecule has 0 bridgehead atoms. The molecule has 36 heavy (non-hydrogen) atoms. The van der Waals surface area contributed by atoms with E-state index in [1.54, 1.807) is 13.8 Å². The largest absolute Gasteiger partial charge is 0.454 e. The Morgan fingerprint density at radius 2 is 1.81 bits per heavy atom. The molecule has 1 fully saturated rings. The van der Waals surface area contributed by atoms with Gasteiger partial charge in [0, 0.05) is 34.1 Å². The molecule has 5 rings (SSSR count). The van der Waals surface area contributed by atoms with E-state index >= 15 is 4.39 Å². The van der Waals surface area contributed by atoms with E-state index in [1.807, 2.05) is 42.5 Å². The molecule has 1 saturated heterocycles. The molecule has 0 radical (unpaired) electrons. The zero-order valence-corrected chi connectivity index (χ0v) is 22.4. The van der Waals surface area contributed by atoms with Crippen molar-refractivity contribution in [3.8, 4) is 0 Å². The monoisotopic (exact) mass is 573 g/mol. The van der Waals surface area contributed by atoms with Crippen molar-refractivity contribution in [2.45, 2.75) is 31.5 Å². The maximum absolute atomic E-state index is 15.5. The van der Waals surface area contributed by atoms with Gasteiger partial charge in [0.25, 0.3) is 0 Å². The Kier molecular flexibility index (Phi) is 7.07. The maximum atomic E-state index is 15.5. The lowest BCUT2D eigenvalue weighted by atomic mass is 9.72. The fourth-order valence-corrected chi connectivity index (χ4v) is 6.05. The van der Waals surface area contributed by atoms with Gasteiger partial charge in [0.2, 0.25) is 5.90 Å². The number of hydrogen-bond acceptors (Lipinski definition) is 4. The second-order valence-corrected chi connectivity index (χ2v) is 11.3. The lowest BCUT2D eigenvalue weighted by molar-refractivity contribution is 0.00811. The van der Waals surface area contributed by atoms with Crippen LogP contribution >= 0.6 is 27.5 Å². The Morgan fingerprint density at radius 1 is 1.06 bits per heavy atom. The summed E-state index contributed by atoms with van der Waals surface area (Å²) in [5, 5.41) is 4.89. The molecule has 1 N–H and O–H groups in total. The second kappa shape index (κ2) is 10.1. The lowest BCUT2D eigenvalue weighted by Gasteiger charge is -2.50. The fraction of sp³-hybridized carbons (Fsp3) is 0.321. The third-order valence-corrected chi connectivity index (χ3v) is 7.56. The summed E-state index contributed by atoms with van der Waals surface area (Å²) in [6.07, 6.45) is 0. The lowest BCUT2D eigenvalue weighted by Crippen LogP contribution is -2.53. The van der Waals surface area contributed by atoms with Gasteiger partial charge in [-0.25, -0.2) is 8.78 Å². The number of alkyl halides is 1. The van der Waals surface area contributed by atoms with Crippen molar-refractivity contribution in [2.24, 2.45) is 11.0 Å². The molecule has 2 atom stereocenters. The highest BCUT2D eigenvalue weighted by molar-refractivity contribution is 9.10. The van der Waals surface area contributed by atoms with Crippen LogP contribution in [0.3, 0.4) is 0 Å². The van der Waals surface area contributed by atoms with Crippen LogP contribution < -0.4 is 5.43 Å². The summed E-state index contributed by atoms with van der Waals surface area (Å²) in [5.41, 5.74) is 5.06. The van der Waals surface area contributed by atoms with Gasteiger partial charge >= 0.3 is 0 Å². The van der Waals surface area contributed by atoms with Crippen LogP contribution in [0.1, 0.15) is 48.1 Å². The van der Waals surface area contributed by atoms with Gasteiger partial charge < -0.3 is 4.74 Å². The molecule has 0 amide bonds. The molecule has 2 aliphatic rings.